The Labute approximate surface area is 114 Å². The van der Waals surface area contributed by atoms with Crippen molar-refractivity contribution >= 4 is 11.7 Å². The monoisotopic (exact) mass is 259 g/mol. The summed E-state index contributed by atoms with van der Waals surface area (Å²) in [6, 6.07) is 6.37. The summed E-state index contributed by atoms with van der Waals surface area (Å²) in [6.45, 7) is 4.08. The van der Waals surface area contributed by atoms with E-state index < -0.39 is 5.97 Å². The maximum absolute atomic E-state index is 11.0. The second-order valence-corrected chi connectivity index (χ2v) is 6.00. The molecule has 102 valence electrons. The highest BCUT2D eigenvalue weighted by molar-refractivity contribution is 5.70. The third-order valence-electron chi connectivity index (χ3n) is 4.34. The molecule has 1 N–H and O–H groups in total. The van der Waals surface area contributed by atoms with Crippen LogP contribution in [0.4, 0.5) is 5.69 Å². The van der Waals surface area contributed by atoms with E-state index in [1.807, 2.05) is 0 Å². The largest absolute Gasteiger partial charge is 0.481 e. The summed E-state index contributed by atoms with van der Waals surface area (Å²) in [5, 5.41) is 9.06. The third kappa shape index (κ3) is 2.60. The summed E-state index contributed by atoms with van der Waals surface area (Å²) in [6.07, 6.45) is 4.48. The molecule has 1 aliphatic carbocycles. The number of aliphatic carboxylic acids is 1. The molecule has 1 unspecified atom stereocenters. The molecule has 0 radical (unpaired) electrons. The standard InChI is InChI=1S/C16H21NO2/c1-11(16(18)19)9-13-3-2-4-15-14(13)7-8-17(15)10-12-5-6-12/h2-4,11-12H,5-10H2,1H3,(H,18,19). The Bertz CT molecular complexity index is 494. The zero-order valence-corrected chi connectivity index (χ0v) is 11.4. The minimum Gasteiger partial charge on any atom is -0.481 e. The average molecular weight is 259 g/mol. The van der Waals surface area contributed by atoms with Gasteiger partial charge in [-0.25, -0.2) is 0 Å². The van der Waals surface area contributed by atoms with Crippen molar-refractivity contribution in [2.24, 2.45) is 11.8 Å². The van der Waals surface area contributed by atoms with Gasteiger partial charge in [0.05, 0.1) is 5.92 Å². The molecule has 3 rings (SSSR count). The van der Waals surface area contributed by atoms with Gasteiger partial charge in [0.1, 0.15) is 0 Å². The van der Waals surface area contributed by atoms with Gasteiger partial charge in [-0.3, -0.25) is 4.79 Å². The van der Waals surface area contributed by atoms with Crippen LogP contribution in [0.25, 0.3) is 0 Å². The molecular formula is C16H21NO2. The lowest BCUT2D eigenvalue weighted by atomic mass is 9.95. The van der Waals surface area contributed by atoms with E-state index in [0.29, 0.717) is 6.42 Å². The smallest absolute Gasteiger partial charge is 0.306 e. The molecule has 1 aromatic rings. The van der Waals surface area contributed by atoms with Gasteiger partial charge >= 0.3 is 5.97 Å². The molecule has 0 bridgehead atoms. The number of carboxylic acid groups (broad SMARTS) is 1. The number of anilines is 1. The highest BCUT2D eigenvalue weighted by atomic mass is 16.4. The Morgan fingerprint density at radius 1 is 1.47 bits per heavy atom. The number of rotatable bonds is 5. The first-order valence-corrected chi connectivity index (χ1v) is 7.23. The zero-order valence-electron chi connectivity index (χ0n) is 11.4. The first kappa shape index (κ1) is 12.5. The molecule has 1 aliphatic heterocycles. The molecule has 2 aliphatic rings. The summed E-state index contributed by atoms with van der Waals surface area (Å²) in [5.41, 5.74) is 3.96. The molecule has 3 nitrogen and oxygen atoms in total. The average Bonchev–Trinajstić information content (AvgIpc) is 3.10. The van der Waals surface area contributed by atoms with Crippen LogP contribution in [0.15, 0.2) is 18.2 Å². The van der Waals surface area contributed by atoms with Gasteiger partial charge < -0.3 is 10.0 Å². The molecule has 0 aromatic heterocycles. The van der Waals surface area contributed by atoms with Crippen molar-refractivity contribution in [1.82, 2.24) is 0 Å². The van der Waals surface area contributed by atoms with Crippen LogP contribution in [-0.2, 0) is 17.6 Å². The fourth-order valence-corrected chi connectivity index (χ4v) is 2.98. The summed E-state index contributed by atoms with van der Waals surface area (Å²) < 4.78 is 0. The van der Waals surface area contributed by atoms with Crippen LogP contribution in [0.5, 0.6) is 0 Å². The Morgan fingerprint density at radius 2 is 2.26 bits per heavy atom. The van der Waals surface area contributed by atoms with Crippen LogP contribution in [0, 0.1) is 11.8 Å². The quantitative estimate of drug-likeness (QED) is 0.884. The van der Waals surface area contributed by atoms with E-state index in [0.717, 1.165) is 18.9 Å². The fourth-order valence-electron chi connectivity index (χ4n) is 2.98. The Balaban J connectivity index is 1.79. The van der Waals surface area contributed by atoms with Crippen molar-refractivity contribution in [3.63, 3.8) is 0 Å². The van der Waals surface area contributed by atoms with Crippen LogP contribution in [0.2, 0.25) is 0 Å². The fraction of sp³-hybridized carbons (Fsp3) is 0.562. The normalized spacial score (nSPS) is 19.3. The van der Waals surface area contributed by atoms with Crippen LogP contribution in [0.3, 0.4) is 0 Å². The van der Waals surface area contributed by atoms with E-state index in [1.54, 1.807) is 6.92 Å². The predicted molar refractivity (Wildman–Crippen MR) is 75.6 cm³/mol. The minimum absolute atomic E-state index is 0.302. The van der Waals surface area contributed by atoms with Crippen molar-refractivity contribution in [2.45, 2.75) is 32.6 Å². The van der Waals surface area contributed by atoms with Crippen molar-refractivity contribution in [2.75, 3.05) is 18.0 Å². The molecule has 19 heavy (non-hydrogen) atoms. The van der Waals surface area contributed by atoms with Gasteiger partial charge in [0.15, 0.2) is 0 Å². The maximum Gasteiger partial charge on any atom is 0.306 e. The van der Waals surface area contributed by atoms with E-state index in [2.05, 4.69) is 23.1 Å². The van der Waals surface area contributed by atoms with Gasteiger partial charge in [0, 0.05) is 18.8 Å². The van der Waals surface area contributed by atoms with Crippen molar-refractivity contribution < 1.29 is 9.90 Å². The summed E-state index contributed by atoms with van der Waals surface area (Å²) >= 11 is 0. The molecule has 1 aromatic carbocycles. The molecule has 1 heterocycles. The third-order valence-corrected chi connectivity index (χ3v) is 4.34. The second-order valence-electron chi connectivity index (χ2n) is 6.00. The zero-order chi connectivity index (χ0) is 13.4. The number of benzene rings is 1. The van der Waals surface area contributed by atoms with Gasteiger partial charge in [-0.1, -0.05) is 19.1 Å². The van der Waals surface area contributed by atoms with Gasteiger partial charge in [-0.15, -0.1) is 0 Å². The Morgan fingerprint density at radius 3 is 2.95 bits per heavy atom. The topological polar surface area (TPSA) is 40.5 Å². The number of hydrogen-bond acceptors (Lipinski definition) is 2. The van der Waals surface area contributed by atoms with Crippen LogP contribution >= 0.6 is 0 Å². The maximum atomic E-state index is 11.0. The number of fused-ring (bicyclic) bond motifs is 1. The molecule has 0 saturated heterocycles. The molecule has 1 saturated carbocycles. The SMILES string of the molecule is CC(Cc1cccc2c1CCN2CC1CC1)C(=O)O. The molecule has 0 spiro atoms. The van der Waals surface area contributed by atoms with E-state index in [9.17, 15) is 4.79 Å². The highest BCUT2D eigenvalue weighted by Crippen LogP contribution is 2.36. The second kappa shape index (κ2) is 4.87. The summed E-state index contributed by atoms with van der Waals surface area (Å²) in [4.78, 5) is 13.5. The number of carboxylic acids is 1. The van der Waals surface area contributed by atoms with E-state index in [4.69, 9.17) is 5.11 Å². The lowest BCUT2D eigenvalue weighted by Crippen LogP contribution is -2.22. The number of carbonyl (C=O) groups is 1. The van der Waals surface area contributed by atoms with Crippen LogP contribution in [0.1, 0.15) is 30.9 Å². The number of nitrogens with zero attached hydrogens (tertiary/aromatic N) is 1. The van der Waals surface area contributed by atoms with Gasteiger partial charge in [0.25, 0.3) is 0 Å². The molecule has 1 fully saturated rings. The molecular weight excluding hydrogens is 238 g/mol. The van der Waals surface area contributed by atoms with Crippen molar-refractivity contribution in [3.05, 3.63) is 29.3 Å². The van der Waals surface area contributed by atoms with Crippen LogP contribution < -0.4 is 4.90 Å². The highest BCUT2D eigenvalue weighted by Gasteiger charge is 2.29. The summed E-state index contributed by atoms with van der Waals surface area (Å²) in [7, 11) is 0. The van der Waals surface area contributed by atoms with E-state index in [1.165, 1.54) is 36.2 Å². The molecule has 0 amide bonds. The summed E-state index contributed by atoms with van der Waals surface area (Å²) in [5.74, 6) is -0.109. The Kier molecular flexibility index (Phi) is 3.21. The molecule has 1 atom stereocenters. The van der Waals surface area contributed by atoms with Crippen molar-refractivity contribution in [3.8, 4) is 0 Å². The van der Waals surface area contributed by atoms with Crippen molar-refractivity contribution in [1.29, 1.82) is 0 Å². The van der Waals surface area contributed by atoms with E-state index >= 15 is 0 Å². The molecule has 3 heteroatoms. The van der Waals surface area contributed by atoms with E-state index in [-0.39, 0.29) is 5.92 Å². The Hall–Kier alpha value is -1.51. The lowest BCUT2D eigenvalue weighted by molar-refractivity contribution is -0.141. The van der Waals surface area contributed by atoms with Gasteiger partial charge in [-0.05, 0) is 48.8 Å². The number of hydrogen-bond donors (Lipinski definition) is 1. The van der Waals surface area contributed by atoms with Gasteiger partial charge in [0.2, 0.25) is 0 Å². The lowest BCUT2D eigenvalue weighted by Gasteiger charge is -2.19. The minimum atomic E-state index is -0.703. The predicted octanol–water partition coefficient (Wildman–Crippen LogP) is 2.72. The first-order valence-electron chi connectivity index (χ1n) is 7.23. The first-order chi connectivity index (χ1) is 9.15. The van der Waals surface area contributed by atoms with Crippen LogP contribution in [-0.4, -0.2) is 24.2 Å². The van der Waals surface area contributed by atoms with Gasteiger partial charge in [-0.2, -0.15) is 0 Å².